The predicted octanol–water partition coefficient (Wildman–Crippen LogP) is 1.30. The average Bonchev–Trinajstić information content (AvgIpc) is 2.37. The molecule has 5 heteroatoms. The third-order valence-electron chi connectivity index (χ3n) is 2.25. The van der Waals surface area contributed by atoms with E-state index in [4.69, 9.17) is 14.7 Å². The lowest BCUT2D eigenvalue weighted by Gasteiger charge is -2.14. The standard InChI is InChI=1S/C12H14N2O3/c1-14(5-4-13)12(15)9-6-10(16-2)8-11(7-9)17-3/h6-8H,5H2,1-3H3. The maximum absolute atomic E-state index is 11.9. The molecule has 1 aromatic carbocycles. The lowest BCUT2D eigenvalue weighted by atomic mass is 10.1. The van der Waals surface area contributed by atoms with Crippen LogP contribution in [0.2, 0.25) is 0 Å². The number of nitrogens with zero attached hydrogens (tertiary/aromatic N) is 2. The highest BCUT2D eigenvalue weighted by atomic mass is 16.5. The summed E-state index contributed by atoms with van der Waals surface area (Å²) < 4.78 is 10.1. The Balaban J connectivity index is 3.04. The van der Waals surface area contributed by atoms with Gasteiger partial charge in [-0.1, -0.05) is 0 Å². The minimum absolute atomic E-state index is 0.0400. The van der Waals surface area contributed by atoms with E-state index in [1.54, 1.807) is 25.2 Å². The molecule has 0 spiro atoms. The number of amides is 1. The molecular formula is C12H14N2O3. The van der Waals surface area contributed by atoms with E-state index in [0.717, 1.165) is 0 Å². The van der Waals surface area contributed by atoms with Crippen molar-refractivity contribution in [2.45, 2.75) is 0 Å². The monoisotopic (exact) mass is 234 g/mol. The van der Waals surface area contributed by atoms with Gasteiger partial charge in [0.25, 0.3) is 5.91 Å². The Morgan fingerprint density at radius 1 is 1.29 bits per heavy atom. The summed E-state index contributed by atoms with van der Waals surface area (Å²) in [6.45, 7) is 0.0400. The van der Waals surface area contributed by atoms with E-state index in [0.29, 0.717) is 17.1 Å². The van der Waals surface area contributed by atoms with Crippen LogP contribution < -0.4 is 9.47 Å². The summed E-state index contributed by atoms with van der Waals surface area (Å²) in [6.07, 6.45) is 0. The molecule has 1 amide bonds. The van der Waals surface area contributed by atoms with Gasteiger partial charge in [-0.2, -0.15) is 5.26 Å². The maximum atomic E-state index is 11.9. The minimum atomic E-state index is -0.247. The summed E-state index contributed by atoms with van der Waals surface area (Å²) in [4.78, 5) is 13.3. The Labute approximate surface area is 100 Å². The molecular weight excluding hydrogens is 220 g/mol. The summed E-state index contributed by atoms with van der Waals surface area (Å²) in [5, 5.41) is 8.54. The number of carbonyl (C=O) groups is 1. The van der Waals surface area contributed by atoms with Gasteiger partial charge in [0.2, 0.25) is 0 Å². The number of methoxy groups -OCH3 is 2. The van der Waals surface area contributed by atoms with Gasteiger partial charge in [0.05, 0.1) is 20.3 Å². The summed E-state index contributed by atoms with van der Waals surface area (Å²) in [5.41, 5.74) is 0.430. The predicted molar refractivity (Wildman–Crippen MR) is 62.1 cm³/mol. The highest BCUT2D eigenvalue weighted by molar-refractivity contribution is 5.95. The first kappa shape index (κ1) is 12.8. The molecule has 0 saturated carbocycles. The van der Waals surface area contributed by atoms with E-state index < -0.39 is 0 Å². The molecule has 0 aromatic heterocycles. The average molecular weight is 234 g/mol. The van der Waals surface area contributed by atoms with Gasteiger partial charge in [-0.3, -0.25) is 4.79 Å². The SMILES string of the molecule is COc1cc(OC)cc(C(=O)N(C)CC#N)c1. The van der Waals surface area contributed by atoms with Crippen LogP contribution in [0.1, 0.15) is 10.4 Å². The van der Waals surface area contributed by atoms with Crippen molar-refractivity contribution in [1.82, 2.24) is 4.90 Å². The molecule has 0 heterocycles. The molecule has 0 unspecified atom stereocenters. The van der Waals surface area contributed by atoms with Crippen LogP contribution in [0.4, 0.5) is 0 Å². The smallest absolute Gasteiger partial charge is 0.254 e. The van der Waals surface area contributed by atoms with Crippen molar-refractivity contribution >= 4 is 5.91 Å². The van der Waals surface area contributed by atoms with E-state index in [-0.39, 0.29) is 12.5 Å². The van der Waals surface area contributed by atoms with Crippen molar-refractivity contribution in [1.29, 1.82) is 5.26 Å². The number of benzene rings is 1. The van der Waals surface area contributed by atoms with Gasteiger partial charge in [0, 0.05) is 18.7 Å². The number of ether oxygens (including phenoxy) is 2. The van der Waals surface area contributed by atoms with Crippen molar-refractivity contribution in [2.75, 3.05) is 27.8 Å². The van der Waals surface area contributed by atoms with Gasteiger partial charge >= 0.3 is 0 Å². The Morgan fingerprint density at radius 3 is 2.24 bits per heavy atom. The first-order valence-electron chi connectivity index (χ1n) is 4.98. The largest absolute Gasteiger partial charge is 0.497 e. The Morgan fingerprint density at radius 2 is 1.82 bits per heavy atom. The number of hydrogen-bond acceptors (Lipinski definition) is 4. The zero-order chi connectivity index (χ0) is 12.8. The van der Waals surface area contributed by atoms with Crippen LogP contribution in [0.5, 0.6) is 11.5 Å². The Bertz CT molecular complexity index is 429. The third-order valence-corrected chi connectivity index (χ3v) is 2.25. The normalized spacial score (nSPS) is 9.29. The second kappa shape index (κ2) is 5.75. The first-order chi connectivity index (χ1) is 8.12. The molecule has 0 radical (unpaired) electrons. The molecule has 0 atom stereocenters. The van der Waals surface area contributed by atoms with Crippen LogP contribution in [-0.4, -0.2) is 38.6 Å². The second-order valence-corrected chi connectivity index (χ2v) is 3.42. The van der Waals surface area contributed by atoms with Crippen LogP contribution in [0.15, 0.2) is 18.2 Å². The molecule has 90 valence electrons. The Kier molecular flexibility index (Phi) is 4.35. The quantitative estimate of drug-likeness (QED) is 0.737. The molecule has 0 aliphatic heterocycles. The van der Waals surface area contributed by atoms with E-state index in [2.05, 4.69) is 0 Å². The molecule has 17 heavy (non-hydrogen) atoms. The van der Waals surface area contributed by atoms with E-state index in [9.17, 15) is 4.79 Å². The van der Waals surface area contributed by atoms with Crippen molar-refractivity contribution in [3.05, 3.63) is 23.8 Å². The topological polar surface area (TPSA) is 62.6 Å². The van der Waals surface area contributed by atoms with Gasteiger partial charge in [-0.15, -0.1) is 0 Å². The van der Waals surface area contributed by atoms with Gasteiger partial charge in [-0.25, -0.2) is 0 Å². The van der Waals surface area contributed by atoms with Crippen LogP contribution in [0.25, 0.3) is 0 Å². The van der Waals surface area contributed by atoms with Crippen LogP contribution >= 0.6 is 0 Å². The lowest BCUT2D eigenvalue weighted by molar-refractivity contribution is 0.0811. The number of nitriles is 1. The summed E-state index contributed by atoms with van der Waals surface area (Å²) in [5.74, 6) is 0.833. The minimum Gasteiger partial charge on any atom is -0.497 e. The van der Waals surface area contributed by atoms with Crippen molar-refractivity contribution in [3.63, 3.8) is 0 Å². The van der Waals surface area contributed by atoms with E-state index in [1.807, 2.05) is 6.07 Å². The van der Waals surface area contributed by atoms with Crippen LogP contribution in [0, 0.1) is 11.3 Å². The highest BCUT2D eigenvalue weighted by Crippen LogP contribution is 2.23. The fraction of sp³-hybridized carbons (Fsp3) is 0.333. The van der Waals surface area contributed by atoms with Gasteiger partial charge < -0.3 is 14.4 Å². The maximum Gasteiger partial charge on any atom is 0.254 e. The van der Waals surface area contributed by atoms with Gasteiger partial charge in [0.15, 0.2) is 0 Å². The number of carbonyl (C=O) groups excluding carboxylic acids is 1. The van der Waals surface area contributed by atoms with Crippen LogP contribution in [-0.2, 0) is 0 Å². The first-order valence-corrected chi connectivity index (χ1v) is 4.98. The molecule has 0 saturated heterocycles. The molecule has 0 fully saturated rings. The lowest BCUT2D eigenvalue weighted by Crippen LogP contribution is -2.26. The zero-order valence-corrected chi connectivity index (χ0v) is 10.1. The fourth-order valence-electron chi connectivity index (χ4n) is 1.33. The molecule has 0 N–H and O–H groups in total. The van der Waals surface area contributed by atoms with E-state index >= 15 is 0 Å². The highest BCUT2D eigenvalue weighted by Gasteiger charge is 2.13. The van der Waals surface area contributed by atoms with Gasteiger partial charge in [-0.05, 0) is 12.1 Å². The fourth-order valence-corrected chi connectivity index (χ4v) is 1.33. The van der Waals surface area contributed by atoms with E-state index in [1.165, 1.54) is 19.1 Å². The zero-order valence-electron chi connectivity index (χ0n) is 10.1. The molecule has 0 aliphatic rings. The Hall–Kier alpha value is -2.22. The van der Waals surface area contributed by atoms with Crippen molar-refractivity contribution < 1.29 is 14.3 Å². The van der Waals surface area contributed by atoms with Crippen molar-refractivity contribution in [2.24, 2.45) is 0 Å². The summed E-state index contributed by atoms with van der Waals surface area (Å²) >= 11 is 0. The van der Waals surface area contributed by atoms with Gasteiger partial charge in [0.1, 0.15) is 18.0 Å². The molecule has 5 nitrogen and oxygen atoms in total. The number of rotatable bonds is 4. The molecule has 1 rings (SSSR count). The molecule has 0 aliphatic carbocycles. The van der Waals surface area contributed by atoms with Crippen LogP contribution in [0.3, 0.4) is 0 Å². The third kappa shape index (κ3) is 3.11. The van der Waals surface area contributed by atoms with Crippen molar-refractivity contribution in [3.8, 4) is 17.6 Å². The second-order valence-electron chi connectivity index (χ2n) is 3.42. The summed E-state index contributed by atoms with van der Waals surface area (Å²) in [7, 11) is 4.60. The molecule has 0 bridgehead atoms. The molecule has 1 aromatic rings. The number of hydrogen-bond donors (Lipinski definition) is 0. The summed E-state index contributed by atoms with van der Waals surface area (Å²) in [6, 6.07) is 6.82.